The van der Waals surface area contributed by atoms with Crippen LogP contribution in [-0.2, 0) is 16.0 Å². The van der Waals surface area contributed by atoms with Crippen molar-refractivity contribution in [2.24, 2.45) is 0 Å². The summed E-state index contributed by atoms with van der Waals surface area (Å²) < 4.78 is 5.15. The van der Waals surface area contributed by atoms with Crippen LogP contribution in [0.5, 0.6) is 5.75 Å². The summed E-state index contributed by atoms with van der Waals surface area (Å²) in [6.07, 6.45) is 0.192. The number of nitrogens with zero attached hydrogens (tertiary/aromatic N) is 1. The highest BCUT2D eigenvalue weighted by Crippen LogP contribution is 2.17. The van der Waals surface area contributed by atoms with Crippen LogP contribution in [-0.4, -0.2) is 25.5 Å². The van der Waals surface area contributed by atoms with Gasteiger partial charge in [0.25, 0.3) is 0 Å². The fourth-order valence-corrected chi connectivity index (χ4v) is 2.81. The number of anilines is 2. The number of ether oxygens (including phenoxy) is 1. The van der Waals surface area contributed by atoms with Gasteiger partial charge in [-0.3, -0.25) is 9.59 Å². The molecule has 0 aromatic heterocycles. The first-order valence-electron chi connectivity index (χ1n) is 8.99. The molecule has 0 saturated heterocycles. The summed E-state index contributed by atoms with van der Waals surface area (Å²) in [5, 5.41) is 2.83. The van der Waals surface area contributed by atoms with Gasteiger partial charge in [0, 0.05) is 11.4 Å². The predicted octanol–water partition coefficient (Wildman–Crippen LogP) is 3.91. The third-order valence-corrected chi connectivity index (χ3v) is 4.24. The highest BCUT2D eigenvalue weighted by atomic mass is 16.5. The van der Waals surface area contributed by atoms with E-state index in [1.165, 1.54) is 4.90 Å². The van der Waals surface area contributed by atoms with Crippen molar-refractivity contribution in [1.29, 1.82) is 0 Å². The number of para-hydroxylation sites is 2. The number of amides is 2. The molecule has 3 aromatic rings. The molecule has 3 aromatic carbocycles. The molecule has 2 amide bonds. The first kappa shape index (κ1) is 19.2. The third-order valence-electron chi connectivity index (χ3n) is 4.24. The number of methoxy groups -OCH3 is 1. The second kappa shape index (κ2) is 9.37. The standard InChI is InChI=1S/C23H22N2O3/c1-28-21-14-12-18(13-15-21)16-23(27)25(20-10-6-3-7-11-20)17-22(26)24-19-8-4-2-5-9-19/h2-15H,16-17H2,1H3,(H,24,26). The van der Waals surface area contributed by atoms with Crippen LogP contribution in [0.2, 0.25) is 0 Å². The van der Waals surface area contributed by atoms with Crippen LogP contribution in [0.25, 0.3) is 0 Å². The number of hydrogen-bond acceptors (Lipinski definition) is 3. The van der Waals surface area contributed by atoms with Crippen LogP contribution in [0.3, 0.4) is 0 Å². The molecule has 142 valence electrons. The van der Waals surface area contributed by atoms with Crippen LogP contribution >= 0.6 is 0 Å². The molecule has 0 unspecified atom stereocenters. The minimum Gasteiger partial charge on any atom is -0.497 e. The van der Waals surface area contributed by atoms with Crippen LogP contribution in [0.4, 0.5) is 11.4 Å². The lowest BCUT2D eigenvalue weighted by atomic mass is 10.1. The molecule has 5 heteroatoms. The monoisotopic (exact) mass is 374 g/mol. The summed E-state index contributed by atoms with van der Waals surface area (Å²) in [6.45, 7) is -0.0616. The molecule has 0 saturated carbocycles. The van der Waals surface area contributed by atoms with Gasteiger partial charge in [0.15, 0.2) is 0 Å². The van der Waals surface area contributed by atoms with Crippen molar-refractivity contribution in [2.45, 2.75) is 6.42 Å². The lowest BCUT2D eigenvalue weighted by molar-refractivity contribution is -0.121. The molecule has 0 heterocycles. The first-order chi connectivity index (χ1) is 13.7. The summed E-state index contributed by atoms with van der Waals surface area (Å²) in [7, 11) is 1.60. The Bertz CT molecular complexity index is 910. The molecular weight excluding hydrogens is 352 g/mol. The highest BCUT2D eigenvalue weighted by molar-refractivity contribution is 6.03. The third kappa shape index (κ3) is 5.20. The molecule has 0 aliphatic rings. The van der Waals surface area contributed by atoms with Gasteiger partial charge in [0.1, 0.15) is 12.3 Å². The number of carbonyl (C=O) groups is 2. The van der Waals surface area contributed by atoms with E-state index in [1.807, 2.05) is 84.9 Å². The van der Waals surface area contributed by atoms with Gasteiger partial charge in [-0.25, -0.2) is 0 Å². The van der Waals surface area contributed by atoms with E-state index in [9.17, 15) is 9.59 Å². The fraction of sp³-hybridized carbons (Fsp3) is 0.130. The van der Waals surface area contributed by atoms with Crippen molar-refractivity contribution in [3.63, 3.8) is 0 Å². The Balaban J connectivity index is 1.74. The highest BCUT2D eigenvalue weighted by Gasteiger charge is 2.19. The lowest BCUT2D eigenvalue weighted by Crippen LogP contribution is -2.39. The van der Waals surface area contributed by atoms with E-state index in [1.54, 1.807) is 7.11 Å². The number of benzene rings is 3. The van der Waals surface area contributed by atoms with E-state index >= 15 is 0 Å². The molecule has 0 atom stereocenters. The number of hydrogen-bond donors (Lipinski definition) is 1. The molecule has 0 radical (unpaired) electrons. The van der Waals surface area contributed by atoms with Gasteiger partial charge in [-0.05, 0) is 42.0 Å². The Kier molecular flexibility index (Phi) is 6.41. The van der Waals surface area contributed by atoms with Gasteiger partial charge >= 0.3 is 0 Å². The topological polar surface area (TPSA) is 58.6 Å². The van der Waals surface area contributed by atoms with Gasteiger partial charge in [0.05, 0.1) is 13.5 Å². The summed E-state index contributed by atoms with van der Waals surface area (Å²) in [4.78, 5) is 27.0. The summed E-state index contributed by atoms with van der Waals surface area (Å²) in [6, 6.07) is 25.7. The number of rotatable bonds is 7. The molecule has 3 rings (SSSR count). The van der Waals surface area contributed by atoms with Crippen LogP contribution < -0.4 is 15.0 Å². The average Bonchev–Trinajstić information content (AvgIpc) is 2.74. The van der Waals surface area contributed by atoms with Gasteiger partial charge in [-0.2, -0.15) is 0 Å². The number of carbonyl (C=O) groups excluding carboxylic acids is 2. The molecule has 0 spiro atoms. The van der Waals surface area contributed by atoms with Crippen molar-refractivity contribution >= 4 is 23.2 Å². The normalized spacial score (nSPS) is 10.2. The Hall–Kier alpha value is -3.60. The second-order valence-corrected chi connectivity index (χ2v) is 6.25. The molecule has 0 bridgehead atoms. The largest absolute Gasteiger partial charge is 0.497 e. The van der Waals surface area contributed by atoms with E-state index in [0.717, 1.165) is 11.3 Å². The molecule has 28 heavy (non-hydrogen) atoms. The Labute approximate surface area is 164 Å². The van der Waals surface area contributed by atoms with E-state index < -0.39 is 0 Å². The summed E-state index contributed by atoms with van der Waals surface area (Å²) in [5.41, 5.74) is 2.24. The van der Waals surface area contributed by atoms with E-state index in [4.69, 9.17) is 4.74 Å². The molecule has 0 aliphatic heterocycles. The quantitative estimate of drug-likeness (QED) is 0.682. The smallest absolute Gasteiger partial charge is 0.244 e. The Morgan fingerprint density at radius 1 is 0.857 bits per heavy atom. The van der Waals surface area contributed by atoms with Crippen molar-refractivity contribution in [3.8, 4) is 5.75 Å². The Morgan fingerprint density at radius 3 is 2.07 bits per heavy atom. The zero-order valence-electron chi connectivity index (χ0n) is 15.7. The van der Waals surface area contributed by atoms with Crippen molar-refractivity contribution in [2.75, 3.05) is 23.9 Å². The van der Waals surface area contributed by atoms with Gasteiger partial charge < -0.3 is 15.0 Å². The predicted molar refractivity (Wildman–Crippen MR) is 111 cm³/mol. The number of nitrogens with one attached hydrogen (secondary N) is 1. The van der Waals surface area contributed by atoms with E-state index in [-0.39, 0.29) is 24.8 Å². The average molecular weight is 374 g/mol. The van der Waals surface area contributed by atoms with Crippen molar-refractivity contribution < 1.29 is 14.3 Å². The fourth-order valence-electron chi connectivity index (χ4n) is 2.81. The lowest BCUT2D eigenvalue weighted by Gasteiger charge is -2.22. The SMILES string of the molecule is COc1ccc(CC(=O)N(CC(=O)Nc2ccccc2)c2ccccc2)cc1. The van der Waals surface area contributed by atoms with Gasteiger partial charge in [-0.1, -0.05) is 48.5 Å². The minimum absolute atomic E-state index is 0.0616. The minimum atomic E-state index is -0.252. The summed E-state index contributed by atoms with van der Waals surface area (Å²) >= 11 is 0. The van der Waals surface area contributed by atoms with Gasteiger partial charge in [0.2, 0.25) is 11.8 Å². The van der Waals surface area contributed by atoms with Crippen molar-refractivity contribution in [1.82, 2.24) is 0 Å². The Morgan fingerprint density at radius 2 is 1.46 bits per heavy atom. The maximum Gasteiger partial charge on any atom is 0.244 e. The molecular formula is C23H22N2O3. The maximum atomic E-state index is 13.0. The zero-order valence-corrected chi connectivity index (χ0v) is 15.7. The van der Waals surface area contributed by atoms with Crippen LogP contribution in [0.1, 0.15) is 5.56 Å². The van der Waals surface area contributed by atoms with Crippen molar-refractivity contribution in [3.05, 3.63) is 90.5 Å². The van der Waals surface area contributed by atoms with Crippen LogP contribution in [0, 0.1) is 0 Å². The van der Waals surface area contributed by atoms with E-state index in [0.29, 0.717) is 11.4 Å². The summed E-state index contributed by atoms with van der Waals surface area (Å²) in [5.74, 6) is 0.330. The first-order valence-corrected chi connectivity index (χ1v) is 8.99. The molecule has 5 nitrogen and oxygen atoms in total. The van der Waals surface area contributed by atoms with E-state index in [2.05, 4.69) is 5.32 Å². The second-order valence-electron chi connectivity index (χ2n) is 6.25. The van der Waals surface area contributed by atoms with Gasteiger partial charge in [-0.15, -0.1) is 0 Å². The van der Waals surface area contributed by atoms with Crippen LogP contribution in [0.15, 0.2) is 84.9 Å². The molecule has 0 fully saturated rings. The zero-order chi connectivity index (χ0) is 19.8. The maximum absolute atomic E-state index is 13.0. The molecule has 0 aliphatic carbocycles. The molecule has 1 N–H and O–H groups in total.